The Morgan fingerprint density at radius 3 is 2.59 bits per heavy atom. The lowest BCUT2D eigenvalue weighted by Gasteiger charge is -2.25. The molecule has 2 aromatic heterocycles. The summed E-state index contributed by atoms with van der Waals surface area (Å²) in [6.45, 7) is 5.90. The first kappa shape index (κ1) is 15.1. The molecule has 1 aliphatic carbocycles. The fourth-order valence-corrected chi connectivity index (χ4v) is 3.47. The van der Waals surface area contributed by atoms with Crippen LogP contribution in [0.15, 0.2) is 17.3 Å². The van der Waals surface area contributed by atoms with Crippen molar-refractivity contribution in [3.05, 3.63) is 18.2 Å². The van der Waals surface area contributed by atoms with Crippen molar-refractivity contribution in [2.75, 3.05) is 0 Å². The van der Waals surface area contributed by atoms with Crippen LogP contribution in [0.4, 0.5) is 0 Å². The van der Waals surface area contributed by atoms with Crippen molar-refractivity contribution >= 4 is 9.84 Å². The third kappa shape index (κ3) is 2.77. The van der Waals surface area contributed by atoms with Gasteiger partial charge < -0.3 is 0 Å². The first-order chi connectivity index (χ1) is 10.3. The molecule has 22 heavy (non-hydrogen) atoms. The molecule has 0 aliphatic heterocycles. The number of rotatable bonds is 4. The molecular weight excluding hydrogens is 304 g/mol. The molecule has 3 rings (SSSR count). The quantitative estimate of drug-likeness (QED) is 0.841. The van der Waals surface area contributed by atoms with Gasteiger partial charge >= 0.3 is 0 Å². The smallest absolute Gasteiger partial charge is 0.188 e. The highest BCUT2D eigenvalue weighted by Crippen LogP contribution is 2.31. The second-order valence-electron chi connectivity index (χ2n) is 6.67. The van der Waals surface area contributed by atoms with E-state index in [0.717, 1.165) is 19.3 Å². The van der Waals surface area contributed by atoms with Crippen molar-refractivity contribution in [3.63, 3.8) is 0 Å². The Labute approximate surface area is 129 Å². The minimum atomic E-state index is -3.51. The molecule has 0 amide bonds. The van der Waals surface area contributed by atoms with Crippen molar-refractivity contribution in [1.82, 2.24) is 30.0 Å². The van der Waals surface area contributed by atoms with Gasteiger partial charge in [-0.1, -0.05) is 0 Å². The number of sulfone groups is 1. The first-order valence-corrected chi connectivity index (χ1v) is 8.97. The minimum absolute atomic E-state index is 0.200. The molecule has 0 aromatic carbocycles. The summed E-state index contributed by atoms with van der Waals surface area (Å²) in [7, 11) is -3.51. The van der Waals surface area contributed by atoms with E-state index in [0.29, 0.717) is 5.82 Å². The molecule has 0 spiro atoms. The van der Waals surface area contributed by atoms with Crippen molar-refractivity contribution in [2.45, 2.75) is 62.3 Å². The van der Waals surface area contributed by atoms with Crippen LogP contribution in [-0.4, -0.2) is 38.4 Å². The fourth-order valence-electron chi connectivity index (χ4n) is 2.31. The summed E-state index contributed by atoms with van der Waals surface area (Å²) in [5.74, 6) is 0.194. The van der Waals surface area contributed by atoms with Crippen molar-refractivity contribution in [2.24, 2.45) is 0 Å². The van der Waals surface area contributed by atoms with Gasteiger partial charge in [-0.25, -0.2) is 13.1 Å². The zero-order valence-electron chi connectivity index (χ0n) is 13.0. The summed E-state index contributed by atoms with van der Waals surface area (Å²) in [5.41, 5.74) is -0.263. The lowest BCUT2D eigenvalue weighted by atomic mass is 9.93. The summed E-state index contributed by atoms with van der Waals surface area (Å²) in [5, 5.41) is 15.6. The Morgan fingerprint density at radius 2 is 2.05 bits per heavy atom. The second kappa shape index (κ2) is 5.15. The average molecular weight is 324 g/mol. The maximum absolute atomic E-state index is 12.6. The van der Waals surface area contributed by atoms with Crippen LogP contribution >= 0.6 is 0 Å². The predicted molar refractivity (Wildman–Crippen MR) is 78.8 cm³/mol. The Morgan fingerprint density at radius 1 is 1.32 bits per heavy atom. The van der Waals surface area contributed by atoms with Crippen LogP contribution in [0, 0.1) is 0 Å². The molecule has 0 bridgehead atoms. The standard InChI is InChI=1S/C13H20N6O2S/c1-13(2,3)18-8-11(7-14-18)22(20,21)9-12-15-16-17-19(12)10-5-4-6-10/h7-8,10H,4-6,9H2,1-3H3. The van der Waals surface area contributed by atoms with Crippen LogP contribution in [0.1, 0.15) is 51.9 Å². The lowest BCUT2D eigenvalue weighted by Crippen LogP contribution is -2.22. The van der Waals surface area contributed by atoms with E-state index in [1.54, 1.807) is 15.6 Å². The normalized spacial score (nSPS) is 16.7. The molecule has 9 heteroatoms. The average Bonchev–Trinajstić information content (AvgIpc) is 2.95. The van der Waals surface area contributed by atoms with Gasteiger partial charge in [0.05, 0.1) is 17.8 Å². The molecule has 0 radical (unpaired) electrons. The monoisotopic (exact) mass is 324 g/mol. The van der Waals surface area contributed by atoms with Crippen LogP contribution in [0.2, 0.25) is 0 Å². The summed E-state index contributed by atoms with van der Waals surface area (Å²) in [6.07, 6.45) is 6.08. The predicted octanol–water partition coefficient (Wildman–Crippen LogP) is 1.32. The molecule has 1 saturated carbocycles. The second-order valence-corrected chi connectivity index (χ2v) is 8.66. The van der Waals surface area contributed by atoms with Gasteiger partial charge in [-0.05, 0) is 50.5 Å². The highest BCUT2D eigenvalue weighted by atomic mass is 32.2. The number of nitrogens with zero attached hydrogens (tertiary/aromatic N) is 6. The van der Waals surface area contributed by atoms with Crippen LogP contribution in [0.25, 0.3) is 0 Å². The first-order valence-electron chi connectivity index (χ1n) is 7.32. The third-order valence-corrected chi connectivity index (χ3v) is 5.47. The van der Waals surface area contributed by atoms with Gasteiger partial charge in [-0.3, -0.25) is 4.68 Å². The molecule has 0 saturated heterocycles. The van der Waals surface area contributed by atoms with Gasteiger partial charge in [0.2, 0.25) is 0 Å². The maximum atomic E-state index is 12.6. The van der Waals surface area contributed by atoms with E-state index in [1.165, 1.54) is 6.20 Å². The molecule has 1 fully saturated rings. The van der Waals surface area contributed by atoms with Gasteiger partial charge in [0.1, 0.15) is 10.6 Å². The molecule has 8 nitrogen and oxygen atoms in total. The highest BCUT2D eigenvalue weighted by Gasteiger charge is 2.28. The van der Waals surface area contributed by atoms with Gasteiger partial charge in [0, 0.05) is 6.20 Å². The molecular formula is C13H20N6O2S. The van der Waals surface area contributed by atoms with Gasteiger partial charge in [0.15, 0.2) is 15.7 Å². The Hall–Kier alpha value is -1.77. The largest absolute Gasteiger partial charge is 0.266 e. The Kier molecular flexibility index (Phi) is 3.54. The maximum Gasteiger partial charge on any atom is 0.188 e. The topological polar surface area (TPSA) is 95.6 Å². The number of aromatic nitrogens is 6. The lowest BCUT2D eigenvalue weighted by molar-refractivity contribution is 0.279. The zero-order valence-corrected chi connectivity index (χ0v) is 13.8. The minimum Gasteiger partial charge on any atom is -0.266 e. The zero-order chi connectivity index (χ0) is 16.0. The number of hydrogen-bond donors (Lipinski definition) is 0. The van der Waals surface area contributed by atoms with E-state index < -0.39 is 9.84 Å². The van der Waals surface area contributed by atoms with Crippen LogP contribution in [0.5, 0.6) is 0 Å². The van der Waals surface area contributed by atoms with Crippen molar-refractivity contribution in [3.8, 4) is 0 Å². The summed E-state index contributed by atoms with van der Waals surface area (Å²) >= 11 is 0. The summed E-state index contributed by atoms with van der Waals surface area (Å²) in [4.78, 5) is 0.200. The Balaban J connectivity index is 1.85. The Bertz CT molecular complexity index is 767. The van der Waals surface area contributed by atoms with Crippen LogP contribution < -0.4 is 0 Å². The van der Waals surface area contributed by atoms with E-state index in [1.807, 2.05) is 20.8 Å². The number of hydrogen-bond acceptors (Lipinski definition) is 6. The van der Waals surface area contributed by atoms with E-state index in [2.05, 4.69) is 20.6 Å². The van der Waals surface area contributed by atoms with E-state index in [9.17, 15) is 8.42 Å². The molecule has 2 aromatic rings. The number of tetrazole rings is 1. The van der Waals surface area contributed by atoms with Gasteiger partial charge in [0.25, 0.3) is 0 Å². The highest BCUT2D eigenvalue weighted by molar-refractivity contribution is 7.90. The molecule has 120 valence electrons. The van der Waals surface area contributed by atoms with Gasteiger partial charge in [-0.15, -0.1) is 5.10 Å². The van der Waals surface area contributed by atoms with E-state index in [-0.39, 0.29) is 22.2 Å². The SMILES string of the molecule is CC(C)(C)n1cc(S(=O)(=O)Cc2nnnn2C2CCC2)cn1. The fraction of sp³-hybridized carbons (Fsp3) is 0.692. The molecule has 0 atom stereocenters. The summed E-state index contributed by atoms with van der Waals surface area (Å²) in [6, 6.07) is 0.234. The third-order valence-electron chi connectivity index (χ3n) is 3.91. The van der Waals surface area contributed by atoms with Crippen LogP contribution in [0.3, 0.4) is 0 Å². The van der Waals surface area contributed by atoms with E-state index in [4.69, 9.17) is 0 Å². The molecule has 0 N–H and O–H groups in total. The van der Waals surface area contributed by atoms with E-state index >= 15 is 0 Å². The van der Waals surface area contributed by atoms with Gasteiger partial charge in [-0.2, -0.15) is 5.10 Å². The molecule has 1 aliphatic rings. The van der Waals surface area contributed by atoms with Crippen molar-refractivity contribution in [1.29, 1.82) is 0 Å². The summed E-state index contributed by atoms with van der Waals surface area (Å²) < 4.78 is 28.4. The van der Waals surface area contributed by atoms with Crippen molar-refractivity contribution < 1.29 is 8.42 Å². The molecule has 0 unspecified atom stereocenters. The van der Waals surface area contributed by atoms with Crippen LogP contribution in [-0.2, 0) is 21.1 Å². The molecule has 2 heterocycles.